The summed E-state index contributed by atoms with van der Waals surface area (Å²) in [6.07, 6.45) is -2.84. The average Bonchev–Trinajstić information content (AvgIpc) is 3.38. The first-order chi connectivity index (χ1) is 19.9. The third kappa shape index (κ3) is 4.06. The van der Waals surface area contributed by atoms with E-state index >= 15 is 4.39 Å². The Balaban J connectivity index is 1.44. The maximum Gasteiger partial charge on any atom is 0.418 e. The minimum absolute atomic E-state index is 0.0182. The first kappa shape index (κ1) is 27.6. The average molecular weight is 611 g/mol. The third-order valence-corrected chi connectivity index (χ3v) is 9.57. The van der Waals surface area contributed by atoms with Crippen molar-refractivity contribution in [3.8, 4) is 23.0 Å². The number of fused-ring (bicyclic) bond motifs is 2. The van der Waals surface area contributed by atoms with E-state index in [9.17, 15) is 17.6 Å². The Hall–Kier alpha value is -3.19. The molecule has 2 saturated heterocycles. The van der Waals surface area contributed by atoms with Gasteiger partial charge in [0.1, 0.15) is 36.0 Å². The normalized spacial score (nSPS) is 27.0. The van der Waals surface area contributed by atoms with Gasteiger partial charge in [0, 0.05) is 20.0 Å². The zero-order valence-corrected chi connectivity index (χ0v) is 23.6. The van der Waals surface area contributed by atoms with Gasteiger partial charge in [0.2, 0.25) is 0 Å². The van der Waals surface area contributed by atoms with Gasteiger partial charge in [-0.3, -0.25) is 4.90 Å². The van der Waals surface area contributed by atoms with Crippen molar-refractivity contribution in [2.45, 2.75) is 69.1 Å². The van der Waals surface area contributed by atoms with E-state index in [0.29, 0.717) is 19.4 Å². The summed E-state index contributed by atoms with van der Waals surface area (Å²) in [5, 5.41) is -0.243. The highest BCUT2D eigenvalue weighted by atomic mass is 35.5. The van der Waals surface area contributed by atoms with Gasteiger partial charge in [0.05, 0.1) is 38.8 Å². The van der Waals surface area contributed by atoms with Crippen LogP contribution in [0, 0.1) is 12.7 Å². The molecule has 2 N–H and O–H groups in total. The minimum Gasteiger partial charge on any atom is -0.486 e. The van der Waals surface area contributed by atoms with Gasteiger partial charge in [-0.2, -0.15) is 23.1 Å². The lowest BCUT2D eigenvalue weighted by Gasteiger charge is -2.40. The van der Waals surface area contributed by atoms with Gasteiger partial charge in [-0.05, 0) is 50.8 Å². The summed E-state index contributed by atoms with van der Waals surface area (Å²) < 4.78 is 86.1. The third-order valence-electron chi connectivity index (χ3n) is 9.21. The van der Waals surface area contributed by atoms with Crippen LogP contribution in [0.3, 0.4) is 0 Å². The molecule has 224 valence electrons. The van der Waals surface area contributed by atoms with Crippen molar-refractivity contribution >= 4 is 34.1 Å². The van der Waals surface area contributed by atoms with Crippen molar-refractivity contribution < 1.29 is 31.4 Å². The molecular weight excluding hydrogens is 583 g/mol. The Morgan fingerprint density at radius 3 is 2.74 bits per heavy atom. The second kappa shape index (κ2) is 9.40. The standard InChI is InChI=1S/C28H28ClF5N6O2/c1-12-8-16(35)36-22(19(12)28(32,33)34)17-20(29)24-18-23(21(17)31)37-26(38-25(18)39(2)14-4-5-15(14)42-24)41-11-27-6-3-7-40(27)10-13(30)9-27/h8,13-15H,3-7,9-11H2,1-2H3,(H2,35,36)/t13-,14?,15?,27+/m1/s1. The lowest BCUT2D eigenvalue weighted by atomic mass is 9.88. The Bertz CT molecular complexity index is 1620. The van der Waals surface area contributed by atoms with Crippen molar-refractivity contribution in [2.24, 2.45) is 0 Å². The number of alkyl halides is 4. The molecule has 0 spiro atoms. The number of ether oxygens (including phenoxy) is 2. The van der Waals surface area contributed by atoms with Crippen LogP contribution in [0.25, 0.3) is 22.2 Å². The van der Waals surface area contributed by atoms with Gasteiger partial charge in [0.15, 0.2) is 11.6 Å². The molecule has 1 aliphatic carbocycles. The number of hydrogen-bond acceptors (Lipinski definition) is 8. The highest BCUT2D eigenvalue weighted by molar-refractivity contribution is 6.36. The van der Waals surface area contributed by atoms with Crippen LogP contribution in [0.5, 0.6) is 11.8 Å². The number of halogens is 6. The molecule has 8 nitrogen and oxygen atoms in total. The molecule has 0 radical (unpaired) electrons. The van der Waals surface area contributed by atoms with Crippen LogP contribution in [-0.4, -0.2) is 70.5 Å². The molecule has 3 aromatic rings. The second-order valence-corrected chi connectivity index (χ2v) is 12.1. The fraction of sp³-hybridized carbons (Fsp3) is 0.536. The molecule has 2 aromatic heterocycles. The van der Waals surface area contributed by atoms with Gasteiger partial charge in [0.25, 0.3) is 0 Å². The van der Waals surface area contributed by atoms with E-state index in [1.165, 1.54) is 6.92 Å². The van der Waals surface area contributed by atoms with E-state index in [0.717, 1.165) is 31.9 Å². The van der Waals surface area contributed by atoms with Crippen LogP contribution in [0.1, 0.15) is 43.2 Å². The Labute approximate surface area is 242 Å². The maximum atomic E-state index is 16.6. The molecule has 4 atom stereocenters. The summed E-state index contributed by atoms with van der Waals surface area (Å²) >= 11 is 6.72. The van der Waals surface area contributed by atoms with Gasteiger partial charge >= 0.3 is 12.2 Å². The largest absolute Gasteiger partial charge is 0.486 e. The van der Waals surface area contributed by atoms with Crippen LogP contribution in [0.2, 0.25) is 5.02 Å². The van der Waals surface area contributed by atoms with E-state index in [4.69, 9.17) is 26.8 Å². The highest BCUT2D eigenvalue weighted by Crippen LogP contribution is 2.52. The van der Waals surface area contributed by atoms with Gasteiger partial charge in [-0.1, -0.05) is 11.6 Å². The van der Waals surface area contributed by atoms with Crippen molar-refractivity contribution in [1.29, 1.82) is 0 Å². The number of anilines is 2. The number of pyridine rings is 1. The van der Waals surface area contributed by atoms with Gasteiger partial charge in [-0.25, -0.2) is 13.8 Å². The molecule has 1 saturated carbocycles. The predicted molar refractivity (Wildman–Crippen MR) is 146 cm³/mol. The summed E-state index contributed by atoms with van der Waals surface area (Å²) in [4.78, 5) is 16.8. The molecule has 3 aliphatic heterocycles. The molecular formula is C28H28ClF5N6O2. The number of benzene rings is 1. The zero-order valence-electron chi connectivity index (χ0n) is 22.9. The number of nitrogens with two attached hydrogens (primary N) is 1. The molecule has 3 fully saturated rings. The Morgan fingerprint density at radius 1 is 1.24 bits per heavy atom. The predicted octanol–water partition coefficient (Wildman–Crippen LogP) is 5.71. The molecule has 42 heavy (non-hydrogen) atoms. The topological polar surface area (TPSA) is 89.6 Å². The van der Waals surface area contributed by atoms with Crippen molar-refractivity contribution in [3.63, 3.8) is 0 Å². The molecule has 0 amide bonds. The van der Waals surface area contributed by atoms with Crippen molar-refractivity contribution in [3.05, 3.63) is 28.0 Å². The molecule has 5 heterocycles. The number of nitrogens with zero attached hydrogens (tertiary/aromatic N) is 5. The molecule has 1 aromatic carbocycles. The van der Waals surface area contributed by atoms with Crippen molar-refractivity contribution in [2.75, 3.05) is 37.4 Å². The smallest absolute Gasteiger partial charge is 0.418 e. The summed E-state index contributed by atoms with van der Waals surface area (Å²) in [5.41, 5.74) is 2.24. The summed E-state index contributed by atoms with van der Waals surface area (Å²) in [6.45, 7) is 2.39. The lowest BCUT2D eigenvalue weighted by Crippen LogP contribution is -2.51. The summed E-state index contributed by atoms with van der Waals surface area (Å²) in [6, 6.07) is 0.772. The number of nitrogen functional groups attached to an aromatic ring is 1. The SMILES string of the molecule is Cc1cc(N)nc(-c2c(Cl)c3c4c(nc(OC[C@@]56CCCN5C[C@H](F)C6)nc4c2F)N(C)C2CCC2O3)c1C(F)(F)F. The van der Waals surface area contributed by atoms with E-state index in [-0.39, 0.29) is 63.6 Å². The number of rotatable bonds is 4. The molecule has 14 heteroatoms. The fourth-order valence-electron chi connectivity index (χ4n) is 7.10. The van der Waals surface area contributed by atoms with E-state index < -0.39 is 40.5 Å². The van der Waals surface area contributed by atoms with E-state index in [1.807, 2.05) is 4.90 Å². The fourth-order valence-corrected chi connectivity index (χ4v) is 7.41. The van der Waals surface area contributed by atoms with Crippen LogP contribution in [0.15, 0.2) is 6.07 Å². The Morgan fingerprint density at radius 2 is 2.02 bits per heavy atom. The van der Waals surface area contributed by atoms with Gasteiger partial charge in [-0.15, -0.1) is 0 Å². The number of likely N-dealkylation sites (N-methyl/N-ethyl adjacent to an activating group) is 1. The van der Waals surface area contributed by atoms with Crippen LogP contribution < -0.4 is 20.1 Å². The summed E-state index contributed by atoms with van der Waals surface area (Å²) in [7, 11) is 1.78. The molecule has 2 unspecified atom stereocenters. The minimum atomic E-state index is -4.88. The van der Waals surface area contributed by atoms with Crippen LogP contribution in [0.4, 0.5) is 33.6 Å². The van der Waals surface area contributed by atoms with Gasteiger partial charge < -0.3 is 20.1 Å². The quantitative estimate of drug-likeness (QED) is 0.376. The Kier molecular flexibility index (Phi) is 6.19. The molecule has 7 rings (SSSR count). The number of aromatic nitrogens is 3. The van der Waals surface area contributed by atoms with Crippen LogP contribution in [-0.2, 0) is 6.18 Å². The second-order valence-electron chi connectivity index (χ2n) is 11.7. The maximum absolute atomic E-state index is 16.6. The monoisotopic (exact) mass is 610 g/mol. The zero-order chi connectivity index (χ0) is 29.7. The first-order valence-electron chi connectivity index (χ1n) is 13.9. The lowest BCUT2D eigenvalue weighted by molar-refractivity contribution is -0.137. The highest BCUT2D eigenvalue weighted by Gasteiger charge is 2.50. The van der Waals surface area contributed by atoms with E-state index in [1.54, 1.807) is 7.05 Å². The number of aryl methyl sites for hydroxylation is 1. The van der Waals surface area contributed by atoms with E-state index in [2.05, 4.69) is 19.9 Å². The molecule has 4 aliphatic rings. The van der Waals surface area contributed by atoms with Crippen molar-refractivity contribution in [1.82, 2.24) is 19.9 Å². The first-order valence-corrected chi connectivity index (χ1v) is 14.2. The summed E-state index contributed by atoms with van der Waals surface area (Å²) in [5.74, 6) is -1.10. The van der Waals surface area contributed by atoms with Crippen LogP contribution >= 0.6 is 11.6 Å². The molecule has 0 bridgehead atoms. The number of hydrogen-bond donors (Lipinski definition) is 1.